The molecule has 0 aliphatic rings. The lowest BCUT2D eigenvalue weighted by molar-refractivity contribution is 0.0995. The van der Waals surface area contributed by atoms with Gasteiger partial charge in [0, 0.05) is 22.8 Å². The summed E-state index contributed by atoms with van der Waals surface area (Å²) in [5, 5.41) is 11.3. The first kappa shape index (κ1) is 21.2. The molecule has 1 atom stereocenters. The fraction of sp³-hybridized carbons (Fsp3) is 0.238. The number of aliphatic hydroxyl groups is 1. The maximum atomic E-state index is 11.0. The van der Waals surface area contributed by atoms with Crippen molar-refractivity contribution in [2.45, 2.75) is 25.5 Å². The molecule has 0 radical (unpaired) electrons. The first-order valence-electron chi connectivity index (χ1n) is 9.09. The van der Waals surface area contributed by atoms with Crippen LogP contribution >= 0.6 is 23.2 Å². The first-order valence-corrected chi connectivity index (χ1v) is 9.85. The Morgan fingerprint density at radius 3 is 2.62 bits per heavy atom. The van der Waals surface area contributed by atoms with Crippen LogP contribution in [-0.2, 0) is 6.54 Å². The maximum absolute atomic E-state index is 11.0. The average molecular weight is 434 g/mol. The standard InChI is InChI=1S/C21H21Cl2N3O3/c22-16-7-15(8-17(23)10-16)14-3-1-5-19(9-14)29-6-2-4-18(27)11-26-12-20(21(24)28)25-13-26/h1,3,5,7-10,12-13,18,27H,2,4,6,11H2,(H2,24,28)/t18-/m0/s1. The number of nitrogens with zero attached hydrogens (tertiary/aromatic N) is 2. The molecule has 152 valence electrons. The van der Waals surface area contributed by atoms with Gasteiger partial charge in [0.05, 0.1) is 19.0 Å². The van der Waals surface area contributed by atoms with Crippen LogP contribution in [0.2, 0.25) is 10.0 Å². The van der Waals surface area contributed by atoms with Crippen LogP contribution in [0, 0.1) is 0 Å². The van der Waals surface area contributed by atoms with E-state index in [9.17, 15) is 9.90 Å². The number of aromatic nitrogens is 2. The lowest BCUT2D eigenvalue weighted by atomic mass is 10.1. The third-order valence-corrected chi connectivity index (χ3v) is 4.72. The van der Waals surface area contributed by atoms with E-state index in [1.165, 1.54) is 12.5 Å². The Morgan fingerprint density at radius 1 is 1.17 bits per heavy atom. The predicted molar refractivity (Wildman–Crippen MR) is 113 cm³/mol. The van der Waals surface area contributed by atoms with Crippen LogP contribution in [0.1, 0.15) is 23.3 Å². The Morgan fingerprint density at radius 2 is 1.93 bits per heavy atom. The van der Waals surface area contributed by atoms with Crippen molar-refractivity contribution in [3.05, 3.63) is 70.7 Å². The van der Waals surface area contributed by atoms with Gasteiger partial charge in [-0.05, 0) is 54.3 Å². The fourth-order valence-electron chi connectivity index (χ4n) is 2.92. The normalized spacial score (nSPS) is 12.0. The third-order valence-electron chi connectivity index (χ3n) is 4.29. The highest BCUT2D eigenvalue weighted by Crippen LogP contribution is 2.29. The number of halogens is 2. The summed E-state index contributed by atoms with van der Waals surface area (Å²) in [7, 11) is 0. The van der Waals surface area contributed by atoms with E-state index >= 15 is 0 Å². The summed E-state index contributed by atoms with van der Waals surface area (Å²) in [5.74, 6) is 0.141. The van der Waals surface area contributed by atoms with Crippen molar-refractivity contribution < 1.29 is 14.6 Å². The molecule has 1 heterocycles. The molecule has 0 saturated carbocycles. The second kappa shape index (κ2) is 9.78. The van der Waals surface area contributed by atoms with E-state index in [1.807, 2.05) is 36.4 Å². The summed E-state index contributed by atoms with van der Waals surface area (Å²) in [5.41, 5.74) is 7.22. The van der Waals surface area contributed by atoms with Gasteiger partial charge in [0.15, 0.2) is 0 Å². The minimum Gasteiger partial charge on any atom is -0.494 e. The molecule has 0 aliphatic carbocycles. The molecule has 1 amide bonds. The molecule has 3 N–H and O–H groups in total. The SMILES string of the molecule is NC(=O)c1cn(C[C@@H](O)CCCOc2cccc(-c3cc(Cl)cc(Cl)c3)c2)cn1. The molecule has 0 bridgehead atoms. The third kappa shape index (κ3) is 6.22. The summed E-state index contributed by atoms with van der Waals surface area (Å²) in [4.78, 5) is 14.9. The van der Waals surface area contributed by atoms with E-state index in [0.29, 0.717) is 36.0 Å². The molecule has 0 saturated heterocycles. The van der Waals surface area contributed by atoms with Crippen LogP contribution in [0.15, 0.2) is 55.0 Å². The van der Waals surface area contributed by atoms with Gasteiger partial charge in [0.1, 0.15) is 11.4 Å². The van der Waals surface area contributed by atoms with Gasteiger partial charge in [-0.1, -0.05) is 35.3 Å². The highest BCUT2D eigenvalue weighted by molar-refractivity contribution is 6.35. The number of aliphatic hydroxyl groups excluding tert-OH is 1. The van der Waals surface area contributed by atoms with Crippen LogP contribution < -0.4 is 10.5 Å². The molecule has 0 spiro atoms. The number of hydrogen-bond donors (Lipinski definition) is 2. The van der Waals surface area contributed by atoms with Crippen molar-refractivity contribution in [3.63, 3.8) is 0 Å². The van der Waals surface area contributed by atoms with Crippen molar-refractivity contribution in [2.75, 3.05) is 6.61 Å². The Bertz CT molecular complexity index is 971. The van der Waals surface area contributed by atoms with Crippen LogP contribution in [0.25, 0.3) is 11.1 Å². The average Bonchev–Trinajstić information content (AvgIpc) is 3.13. The molecule has 0 unspecified atom stereocenters. The second-order valence-electron chi connectivity index (χ2n) is 6.65. The van der Waals surface area contributed by atoms with Crippen molar-refractivity contribution in [2.24, 2.45) is 5.73 Å². The minimum atomic E-state index is -0.589. The topological polar surface area (TPSA) is 90.4 Å². The van der Waals surface area contributed by atoms with Crippen LogP contribution in [0.4, 0.5) is 0 Å². The van der Waals surface area contributed by atoms with Gasteiger partial charge in [0.25, 0.3) is 5.91 Å². The Hall–Kier alpha value is -2.54. The second-order valence-corrected chi connectivity index (χ2v) is 7.52. The number of carbonyl (C=O) groups excluding carboxylic acids is 1. The van der Waals surface area contributed by atoms with E-state index in [0.717, 1.165) is 16.9 Å². The summed E-state index contributed by atoms with van der Waals surface area (Å²) >= 11 is 12.2. The highest BCUT2D eigenvalue weighted by atomic mass is 35.5. The van der Waals surface area contributed by atoms with Gasteiger partial charge < -0.3 is 20.1 Å². The van der Waals surface area contributed by atoms with Crippen molar-refractivity contribution in [1.82, 2.24) is 9.55 Å². The number of ether oxygens (including phenoxy) is 1. The monoisotopic (exact) mass is 433 g/mol. The van der Waals surface area contributed by atoms with Crippen LogP contribution in [0.3, 0.4) is 0 Å². The van der Waals surface area contributed by atoms with Crippen LogP contribution in [-0.4, -0.2) is 33.3 Å². The van der Waals surface area contributed by atoms with E-state index in [4.69, 9.17) is 33.7 Å². The number of carbonyl (C=O) groups is 1. The molecule has 1 aromatic heterocycles. The molecule has 29 heavy (non-hydrogen) atoms. The molecule has 3 aromatic rings. The number of rotatable bonds is 9. The molecule has 6 nitrogen and oxygen atoms in total. The highest BCUT2D eigenvalue weighted by Gasteiger charge is 2.09. The number of amides is 1. The Balaban J connectivity index is 1.48. The number of hydrogen-bond acceptors (Lipinski definition) is 4. The predicted octanol–water partition coefficient (Wildman–Crippen LogP) is 4.18. The van der Waals surface area contributed by atoms with E-state index in [-0.39, 0.29) is 5.69 Å². The van der Waals surface area contributed by atoms with E-state index in [2.05, 4.69) is 4.98 Å². The van der Waals surface area contributed by atoms with Gasteiger partial charge in [-0.15, -0.1) is 0 Å². The first-order chi connectivity index (χ1) is 13.9. The summed E-state index contributed by atoms with van der Waals surface area (Å²) < 4.78 is 7.45. The number of primary amides is 1. The number of nitrogens with two attached hydrogens (primary N) is 1. The van der Waals surface area contributed by atoms with Crippen LogP contribution in [0.5, 0.6) is 5.75 Å². The zero-order valence-electron chi connectivity index (χ0n) is 15.6. The van der Waals surface area contributed by atoms with Gasteiger partial charge in [0.2, 0.25) is 0 Å². The number of imidazole rings is 1. The zero-order chi connectivity index (χ0) is 20.8. The lowest BCUT2D eigenvalue weighted by Gasteiger charge is -2.12. The van der Waals surface area contributed by atoms with Gasteiger partial charge in [-0.3, -0.25) is 4.79 Å². The minimum absolute atomic E-state index is 0.182. The van der Waals surface area contributed by atoms with E-state index in [1.54, 1.807) is 10.6 Å². The number of benzene rings is 2. The van der Waals surface area contributed by atoms with Crippen molar-refractivity contribution in [1.29, 1.82) is 0 Å². The van der Waals surface area contributed by atoms with Crippen molar-refractivity contribution in [3.8, 4) is 16.9 Å². The largest absolute Gasteiger partial charge is 0.494 e. The Labute approximate surface area is 178 Å². The van der Waals surface area contributed by atoms with E-state index < -0.39 is 12.0 Å². The molecule has 8 heteroatoms. The van der Waals surface area contributed by atoms with Gasteiger partial charge in [-0.25, -0.2) is 4.98 Å². The van der Waals surface area contributed by atoms with Gasteiger partial charge >= 0.3 is 0 Å². The quantitative estimate of drug-likeness (QED) is 0.495. The summed E-state index contributed by atoms with van der Waals surface area (Å²) in [6.45, 7) is 0.804. The lowest BCUT2D eigenvalue weighted by Crippen LogP contribution is -2.16. The maximum Gasteiger partial charge on any atom is 0.268 e. The molecule has 0 fully saturated rings. The fourth-order valence-corrected chi connectivity index (χ4v) is 3.44. The molecule has 0 aliphatic heterocycles. The smallest absolute Gasteiger partial charge is 0.268 e. The molecule has 3 rings (SSSR count). The summed E-state index contributed by atoms with van der Waals surface area (Å²) in [6.07, 6.45) is 3.65. The zero-order valence-corrected chi connectivity index (χ0v) is 17.1. The molecule has 2 aromatic carbocycles. The Kier molecular flexibility index (Phi) is 7.14. The van der Waals surface area contributed by atoms with Crippen molar-refractivity contribution >= 4 is 29.1 Å². The molecular formula is C21H21Cl2N3O3. The molecular weight excluding hydrogens is 413 g/mol. The van der Waals surface area contributed by atoms with Gasteiger partial charge in [-0.2, -0.15) is 0 Å². The summed E-state index contributed by atoms with van der Waals surface area (Å²) in [6, 6.07) is 13.1.